The van der Waals surface area contributed by atoms with Gasteiger partial charge in [-0.05, 0) is 6.33 Å². The van der Waals surface area contributed by atoms with Gasteiger partial charge in [0.05, 0.1) is 0 Å². The van der Waals surface area contributed by atoms with E-state index in [0.717, 1.165) is 5.56 Å². The van der Waals surface area contributed by atoms with E-state index in [1.54, 1.807) is 6.20 Å². The van der Waals surface area contributed by atoms with Crippen LogP contribution in [0.4, 0.5) is 0 Å². The van der Waals surface area contributed by atoms with Crippen molar-refractivity contribution < 1.29 is 32.7 Å². The molecular formula is C5H5N2Y+2. The fraction of sp³-hybridized carbons (Fsp3) is 0.200. The quantitative estimate of drug-likeness (QED) is 0.548. The third-order valence-electron chi connectivity index (χ3n) is 0.633. The molecule has 3 heteroatoms. The van der Waals surface area contributed by atoms with Gasteiger partial charge >= 0.3 is 32.7 Å². The summed E-state index contributed by atoms with van der Waals surface area (Å²) in [5.74, 6) is 0. The molecule has 0 aliphatic rings. The molecule has 8 heavy (non-hydrogen) atoms. The Morgan fingerprint density at radius 3 is 2.62 bits per heavy atom. The second kappa shape index (κ2) is 4.10. The zero-order valence-corrected chi connectivity index (χ0v) is 7.46. The van der Waals surface area contributed by atoms with Crippen molar-refractivity contribution in [3.8, 4) is 0 Å². The largest absolute Gasteiger partial charge is 3.00 e. The molecule has 1 rings (SSSR count). The Balaban J connectivity index is 0.000000490. The van der Waals surface area contributed by atoms with Crippen LogP contribution in [0.25, 0.3) is 0 Å². The smallest absolute Gasteiger partial charge is 0.376 e. The molecule has 0 aliphatic carbocycles. The van der Waals surface area contributed by atoms with E-state index >= 15 is 0 Å². The van der Waals surface area contributed by atoms with Crippen molar-refractivity contribution in [2.75, 3.05) is 0 Å². The van der Waals surface area contributed by atoms with Gasteiger partial charge in [0.25, 0.3) is 0 Å². The van der Waals surface area contributed by atoms with Crippen LogP contribution in [0.1, 0.15) is 5.56 Å². The van der Waals surface area contributed by atoms with Crippen molar-refractivity contribution >= 4 is 0 Å². The maximum absolute atomic E-state index is 3.74. The summed E-state index contributed by atoms with van der Waals surface area (Å²) in [5.41, 5.74) is 0.975. The van der Waals surface area contributed by atoms with Crippen LogP contribution in [0, 0.1) is 13.1 Å². The van der Waals surface area contributed by atoms with Crippen LogP contribution in [0.2, 0.25) is 0 Å². The van der Waals surface area contributed by atoms with Gasteiger partial charge in [0.15, 0.2) is 0 Å². The average molecular weight is 182 g/mol. The first-order chi connectivity index (χ1) is 3.39. The van der Waals surface area contributed by atoms with Crippen molar-refractivity contribution in [2.45, 2.75) is 6.92 Å². The van der Waals surface area contributed by atoms with Gasteiger partial charge in [0, 0.05) is 0 Å². The number of aromatic nitrogens is 2. The fourth-order valence-electron chi connectivity index (χ4n) is 0.338. The minimum absolute atomic E-state index is 0. The first-order valence-corrected chi connectivity index (χ1v) is 2.04. The Labute approximate surface area is 73.6 Å². The molecule has 0 radical (unpaired) electrons. The summed E-state index contributed by atoms with van der Waals surface area (Å²) in [6, 6.07) is 0. The van der Waals surface area contributed by atoms with E-state index in [0.29, 0.717) is 0 Å². The third-order valence-corrected chi connectivity index (χ3v) is 0.633. The van der Waals surface area contributed by atoms with Gasteiger partial charge in [0.2, 0.25) is 0 Å². The summed E-state index contributed by atoms with van der Waals surface area (Å²) >= 11 is 0. The van der Waals surface area contributed by atoms with E-state index in [-0.39, 0.29) is 32.7 Å². The van der Waals surface area contributed by atoms with Gasteiger partial charge in [-0.1, -0.05) is 19.3 Å². The normalized spacial score (nSPS) is 7.62. The van der Waals surface area contributed by atoms with Gasteiger partial charge in [-0.25, -0.2) is 0 Å². The van der Waals surface area contributed by atoms with Crippen LogP contribution in [-0.4, -0.2) is 9.97 Å². The number of hydrogen-bond donors (Lipinski definition) is 0. The van der Waals surface area contributed by atoms with Gasteiger partial charge < -0.3 is 9.97 Å². The molecule has 0 fully saturated rings. The first-order valence-electron chi connectivity index (χ1n) is 2.04. The molecule has 0 aliphatic heterocycles. The maximum Gasteiger partial charge on any atom is 3.00 e. The molecular weight excluding hydrogens is 177 g/mol. The molecule has 0 atom stereocenters. The van der Waals surface area contributed by atoms with Crippen LogP contribution >= 0.6 is 0 Å². The van der Waals surface area contributed by atoms with Crippen LogP contribution in [-0.2, 0) is 32.7 Å². The zero-order chi connectivity index (χ0) is 5.11. The minimum Gasteiger partial charge on any atom is -0.376 e. The molecule has 0 N–H and O–H groups in total. The summed E-state index contributed by atoms with van der Waals surface area (Å²) in [6.07, 6.45) is 5.90. The number of rotatable bonds is 0. The van der Waals surface area contributed by atoms with E-state index < -0.39 is 0 Å². The minimum atomic E-state index is 0. The van der Waals surface area contributed by atoms with E-state index in [9.17, 15) is 0 Å². The van der Waals surface area contributed by atoms with E-state index in [2.05, 4.69) is 16.2 Å². The Morgan fingerprint density at radius 2 is 2.38 bits per heavy atom. The van der Waals surface area contributed by atoms with E-state index in [1.807, 2.05) is 6.92 Å². The molecule has 0 bridgehead atoms. The Morgan fingerprint density at radius 1 is 1.62 bits per heavy atom. The average Bonchev–Trinajstić information content (AvgIpc) is 1.69. The standard InChI is InChI=1S/C5H5N2.Y/c1-5-2-6-4-7-3-5;/h2,4H,1H3;/q-1;+3. The maximum atomic E-state index is 3.74. The van der Waals surface area contributed by atoms with Crippen molar-refractivity contribution in [3.63, 3.8) is 0 Å². The molecule has 2 nitrogen and oxygen atoms in total. The monoisotopic (exact) mass is 182 g/mol. The Bertz CT molecular complexity index is 140. The fourth-order valence-corrected chi connectivity index (χ4v) is 0.338. The Kier molecular flexibility index (Phi) is 4.20. The summed E-state index contributed by atoms with van der Waals surface area (Å²) in [7, 11) is 0. The number of aryl methyl sites for hydroxylation is 1. The summed E-state index contributed by atoms with van der Waals surface area (Å²) in [4.78, 5) is 7.39. The molecule has 36 valence electrons. The van der Waals surface area contributed by atoms with Crippen LogP contribution < -0.4 is 0 Å². The van der Waals surface area contributed by atoms with Crippen molar-refractivity contribution in [1.82, 2.24) is 9.97 Å². The Hall–Kier alpha value is 0.184. The van der Waals surface area contributed by atoms with Crippen LogP contribution in [0.15, 0.2) is 12.5 Å². The number of nitrogens with zero attached hydrogens (tertiary/aromatic N) is 2. The molecule has 1 heterocycles. The topological polar surface area (TPSA) is 25.8 Å². The molecule has 1 aromatic rings. The molecule has 0 amide bonds. The predicted molar refractivity (Wildman–Crippen MR) is 25.6 cm³/mol. The second-order valence-electron chi connectivity index (χ2n) is 1.32. The van der Waals surface area contributed by atoms with E-state index in [1.165, 1.54) is 6.33 Å². The number of hydrogen-bond acceptors (Lipinski definition) is 2. The van der Waals surface area contributed by atoms with Gasteiger partial charge in [-0.15, -0.1) is 5.56 Å². The SMILES string of the molecule is Cc1[c-]ncnc1.[Y+3]. The molecule has 0 aromatic carbocycles. The summed E-state index contributed by atoms with van der Waals surface area (Å²) < 4.78 is 0. The zero-order valence-electron chi connectivity index (χ0n) is 4.63. The van der Waals surface area contributed by atoms with Gasteiger partial charge in [-0.2, -0.15) is 0 Å². The summed E-state index contributed by atoms with van der Waals surface area (Å²) in [6.45, 7) is 1.90. The van der Waals surface area contributed by atoms with E-state index in [4.69, 9.17) is 0 Å². The van der Waals surface area contributed by atoms with Crippen molar-refractivity contribution in [1.29, 1.82) is 0 Å². The second-order valence-corrected chi connectivity index (χ2v) is 1.32. The molecule has 0 saturated carbocycles. The predicted octanol–water partition coefficient (Wildman–Crippen LogP) is 0.583. The van der Waals surface area contributed by atoms with Gasteiger partial charge in [0.1, 0.15) is 0 Å². The van der Waals surface area contributed by atoms with Crippen molar-refractivity contribution in [2.24, 2.45) is 0 Å². The molecule has 0 unspecified atom stereocenters. The molecule has 0 spiro atoms. The van der Waals surface area contributed by atoms with Crippen LogP contribution in [0.5, 0.6) is 0 Å². The summed E-state index contributed by atoms with van der Waals surface area (Å²) in [5, 5.41) is 0. The third kappa shape index (κ3) is 2.48. The molecule has 1 aromatic heterocycles. The van der Waals surface area contributed by atoms with Crippen molar-refractivity contribution in [3.05, 3.63) is 24.3 Å². The molecule has 0 saturated heterocycles. The van der Waals surface area contributed by atoms with Crippen LogP contribution in [0.3, 0.4) is 0 Å². The van der Waals surface area contributed by atoms with Gasteiger partial charge in [-0.3, -0.25) is 0 Å². The first kappa shape index (κ1) is 8.18.